The molecule has 0 aliphatic heterocycles. The number of hydrogen-bond donors (Lipinski definition) is 2. The van der Waals surface area contributed by atoms with Crippen molar-refractivity contribution >= 4 is 27.5 Å². The highest BCUT2D eigenvalue weighted by Gasteiger charge is 1.92. The highest BCUT2D eigenvalue weighted by atomic mass is 15.1. The highest BCUT2D eigenvalue weighted by molar-refractivity contribution is 5.81. The van der Waals surface area contributed by atoms with Crippen molar-refractivity contribution in [1.82, 2.24) is 15.2 Å². The molecule has 2 aromatic heterocycles. The van der Waals surface area contributed by atoms with Gasteiger partial charge in [0.25, 0.3) is 0 Å². The first-order valence-electron chi connectivity index (χ1n) is 6.31. The molecular weight excluding hydrogens is 248 g/mol. The van der Waals surface area contributed by atoms with Gasteiger partial charge in [0.2, 0.25) is 0 Å². The normalized spacial score (nSPS) is 10.2. The van der Waals surface area contributed by atoms with Crippen molar-refractivity contribution in [2.45, 2.75) is 0 Å². The number of pyridine rings is 1. The van der Waals surface area contributed by atoms with Crippen LogP contribution in [0, 0.1) is 0 Å². The number of nitrogen functional groups attached to an aromatic ring is 1. The lowest BCUT2D eigenvalue weighted by molar-refractivity contribution is 1.12. The Labute approximate surface area is 116 Å². The second-order valence-corrected chi connectivity index (χ2v) is 4.41. The van der Waals surface area contributed by atoms with E-state index in [1.54, 1.807) is 6.20 Å². The molecule has 0 atom stereocenters. The third kappa shape index (κ3) is 2.59. The first kappa shape index (κ1) is 12.2. The number of nitrogens with one attached hydrogen (secondary N) is 1. The maximum absolute atomic E-state index is 5.54. The molecule has 0 aliphatic rings. The van der Waals surface area contributed by atoms with Crippen LogP contribution in [0.1, 0.15) is 0 Å². The Hall–Kier alpha value is -2.88. The summed E-state index contributed by atoms with van der Waals surface area (Å²) in [5.41, 5.74) is 8.40. The van der Waals surface area contributed by atoms with Crippen LogP contribution >= 0.6 is 0 Å². The minimum Gasteiger partial charge on any atom is -0.399 e. The summed E-state index contributed by atoms with van der Waals surface area (Å²) in [5, 5.41) is 8.96. The number of H-pyrrole nitrogens is 1. The van der Waals surface area contributed by atoms with Crippen molar-refractivity contribution in [3.8, 4) is 0 Å². The molecular formula is C16H14N4. The second kappa shape index (κ2) is 5.40. The minimum atomic E-state index is 0.772. The average molecular weight is 262 g/mol. The fourth-order valence-electron chi connectivity index (χ4n) is 1.98. The number of nitrogens with two attached hydrogens (primary N) is 1. The highest BCUT2D eigenvalue weighted by Crippen LogP contribution is 2.13. The Morgan fingerprint density at radius 2 is 1.75 bits per heavy atom. The van der Waals surface area contributed by atoms with Crippen LogP contribution in [-0.4, -0.2) is 15.2 Å². The Bertz CT molecular complexity index is 770. The zero-order chi connectivity index (χ0) is 13.8. The lowest BCUT2D eigenvalue weighted by Crippen LogP contribution is -1.81. The summed E-state index contributed by atoms with van der Waals surface area (Å²) >= 11 is 0. The lowest BCUT2D eigenvalue weighted by atomic mass is 10.2. The quantitative estimate of drug-likeness (QED) is 0.477. The molecule has 98 valence electrons. The van der Waals surface area contributed by atoms with Crippen LogP contribution in [0.15, 0.2) is 67.0 Å². The third-order valence-electron chi connectivity index (χ3n) is 2.98. The molecule has 2 aromatic carbocycles. The molecule has 4 heteroatoms. The lowest BCUT2D eigenvalue weighted by Gasteiger charge is -1.91. The van der Waals surface area contributed by atoms with E-state index < -0.39 is 0 Å². The summed E-state index contributed by atoms with van der Waals surface area (Å²) in [4.78, 5) is 4.18. The van der Waals surface area contributed by atoms with Gasteiger partial charge in [0.15, 0.2) is 0 Å². The van der Waals surface area contributed by atoms with E-state index in [2.05, 4.69) is 27.3 Å². The van der Waals surface area contributed by atoms with Crippen LogP contribution in [0.5, 0.6) is 0 Å². The Morgan fingerprint density at radius 1 is 0.900 bits per heavy atom. The van der Waals surface area contributed by atoms with Gasteiger partial charge in [-0.2, -0.15) is 5.10 Å². The maximum atomic E-state index is 5.54. The van der Waals surface area contributed by atoms with Gasteiger partial charge in [-0.25, -0.2) is 0 Å². The molecule has 0 fully saturated rings. The summed E-state index contributed by atoms with van der Waals surface area (Å²) in [5.74, 6) is 0. The summed E-state index contributed by atoms with van der Waals surface area (Å²) in [7, 11) is 0. The van der Waals surface area contributed by atoms with Crippen molar-refractivity contribution < 1.29 is 0 Å². The molecule has 0 unspecified atom stereocenters. The van der Waals surface area contributed by atoms with Crippen LogP contribution in [0.2, 0.25) is 0 Å². The summed E-state index contributed by atoms with van der Waals surface area (Å²) in [6, 6.07) is 17.7. The van der Waals surface area contributed by atoms with E-state index in [0.29, 0.717) is 0 Å². The molecule has 0 saturated heterocycles. The monoisotopic (exact) mass is 262 g/mol. The number of para-hydroxylation sites is 1. The number of benzene rings is 2. The number of nitrogens with zero attached hydrogens (tertiary/aromatic N) is 2. The molecule has 0 amide bonds. The zero-order valence-electron chi connectivity index (χ0n) is 10.8. The molecule has 0 spiro atoms. The van der Waals surface area contributed by atoms with Crippen LogP contribution in [0.25, 0.3) is 21.8 Å². The predicted octanol–water partition coefficient (Wildman–Crippen LogP) is 3.38. The molecule has 0 radical (unpaired) electrons. The summed E-state index contributed by atoms with van der Waals surface area (Å²) in [6.07, 6.45) is 3.56. The van der Waals surface area contributed by atoms with Crippen molar-refractivity contribution in [3.63, 3.8) is 0 Å². The van der Waals surface area contributed by atoms with Gasteiger partial charge in [-0.05, 0) is 30.3 Å². The van der Waals surface area contributed by atoms with Crippen molar-refractivity contribution in [1.29, 1.82) is 0 Å². The van der Waals surface area contributed by atoms with E-state index >= 15 is 0 Å². The Balaban J connectivity index is 0.000000121. The molecule has 4 nitrogen and oxygen atoms in total. The van der Waals surface area contributed by atoms with E-state index in [0.717, 1.165) is 22.1 Å². The van der Waals surface area contributed by atoms with Crippen molar-refractivity contribution in [3.05, 3.63) is 67.0 Å². The SMILES string of the molecule is Nc1ccc2[nH]ncc2c1.c1ccc2ncccc2c1. The largest absolute Gasteiger partial charge is 0.399 e. The van der Waals surface area contributed by atoms with Gasteiger partial charge in [0.1, 0.15) is 0 Å². The third-order valence-corrected chi connectivity index (χ3v) is 2.98. The molecule has 3 N–H and O–H groups in total. The molecule has 4 rings (SSSR count). The fourth-order valence-corrected chi connectivity index (χ4v) is 1.98. The molecule has 4 aromatic rings. The summed E-state index contributed by atoms with van der Waals surface area (Å²) < 4.78 is 0. The van der Waals surface area contributed by atoms with Crippen LogP contribution in [0.4, 0.5) is 5.69 Å². The van der Waals surface area contributed by atoms with Gasteiger partial charge >= 0.3 is 0 Å². The summed E-state index contributed by atoms with van der Waals surface area (Å²) in [6.45, 7) is 0. The van der Waals surface area contributed by atoms with Gasteiger partial charge in [-0.15, -0.1) is 0 Å². The molecule has 2 heterocycles. The van der Waals surface area contributed by atoms with Gasteiger partial charge in [0, 0.05) is 22.7 Å². The van der Waals surface area contributed by atoms with E-state index in [1.807, 2.05) is 48.7 Å². The van der Waals surface area contributed by atoms with Crippen molar-refractivity contribution in [2.24, 2.45) is 0 Å². The number of fused-ring (bicyclic) bond motifs is 2. The van der Waals surface area contributed by atoms with Gasteiger partial charge in [-0.1, -0.05) is 24.3 Å². The first-order valence-corrected chi connectivity index (χ1v) is 6.31. The van der Waals surface area contributed by atoms with Gasteiger partial charge < -0.3 is 5.73 Å². The number of aromatic amines is 1. The number of anilines is 1. The maximum Gasteiger partial charge on any atom is 0.0701 e. The number of rotatable bonds is 0. The van der Waals surface area contributed by atoms with Crippen LogP contribution < -0.4 is 5.73 Å². The van der Waals surface area contributed by atoms with Crippen LogP contribution in [-0.2, 0) is 0 Å². The molecule has 0 saturated carbocycles. The van der Waals surface area contributed by atoms with E-state index in [1.165, 1.54) is 5.39 Å². The standard InChI is InChI=1S/C9H7N.C7H7N3/c1-2-6-9-8(4-1)5-3-7-10-9;8-6-1-2-7-5(3-6)4-9-10-7/h1-7H;1-4H,8H2,(H,9,10). The number of hydrogen-bond acceptors (Lipinski definition) is 3. The van der Waals surface area contributed by atoms with Crippen LogP contribution in [0.3, 0.4) is 0 Å². The predicted molar refractivity (Wildman–Crippen MR) is 82.2 cm³/mol. The zero-order valence-corrected chi connectivity index (χ0v) is 10.8. The topological polar surface area (TPSA) is 67.6 Å². The second-order valence-electron chi connectivity index (χ2n) is 4.41. The molecule has 0 aliphatic carbocycles. The smallest absolute Gasteiger partial charge is 0.0701 e. The van der Waals surface area contributed by atoms with Gasteiger partial charge in [-0.3, -0.25) is 10.1 Å². The Kier molecular flexibility index (Phi) is 3.29. The fraction of sp³-hybridized carbons (Fsp3) is 0. The average Bonchev–Trinajstić information content (AvgIpc) is 2.95. The number of aromatic nitrogens is 3. The van der Waals surface area contributed by atoms with Crippen molar-refractivity contribution in [2.75, 3.05) is 5.73 Å². The van der Waals surface area contributed by atoms with E-state index in [4.69, 9.17) is 5.73 Å². The molecule has 20 heavy (non-hydrogen) atoms. The first-order chi connectivity index (χ1) is 9.83. The Morgan fingerprint density at radius 3 is 2.65 bits per heavy atom. The molecule has 0 bridgehead atoms. The van der Waals surface area contributed by atoms with Gasteiger partial charge in [0.05, 0.1) is 17.2 Å². The minimum absolute atomic E-state index is 0.772. The van der Waals surface area contributed by atoms with E-state index in [9.17, 15) is 0 Å². The van der Waals surface area contributed by atoms with E-state index in [-0.39, 0.29) is 0 Å².